The molecule has 0 saturated heterocycles. The van der Waals surface area contributed by atoms with Crippen molar-refractivity contribution in [2.45, 2.75) is 0 Å². The normalized spacial score (nSPS) is 9.47. The minimum atomic E-state index is -0.125. The fourth-order valence-corrected chi connectivity index (χ4v) is 1.03. The van der Waals surface area contributed by atoms with Gasteiger partial charge >= 0.3 is 0 Å². The van der Waals surface area contributed by atoms with E-state index in [1.165, 1.54) is 6.33 Å². The van der Waals surface area contributed by atoms with Crippen LogP contribution in [0.4, 0.5) is 5.82 Å². The van der Waals surface area contributed by atoms with Gasteiger partial charge in [-0.15, -0.1) is 0 Å². The minimum Gasteiger partial charge on any atom is -0.394 e. The molecule has 0 atom stereocenters. The monoisotopic (exact) mass is 207 g/mol. The van der Waals surface area contributed by atoms with Gasteiger partial charge in [-0.05, 0) is 12.1 Å². The summed E-state index contributed by atoms with van der Waals surface area (Å²) >= 11 is 0. The first-order valence-electron chi connectivity index (χ1n) is 4.46. The Balaban J connectivity index is 0.000000245. The van der Waals surface area contributed by atoms with Crippen molar-refractivity contribution in [3.8, 4) is 0 Å². The number of hydrogen-bond acceptors (Lipinski definition) is 5. The maximum atomic E-state index is 7.62. The molecule has 0 unspecified atom stereocenters. The zero-order valence-corrected chi connectivity index (χ0v) is 8.17. The van der Waals surface area contributed by atoms with Crippen LogP contribution < -0.4 is 5.73 Å². The molecule has 80 valence electrons. The molecule has 5 nitrogen and oxygen atoms in total. The summed E-state index contributed by atoms with van der Waals surface area (Å²) in [5.74, 6) is 0.538. The van der Waals surface area contributed by atoms with Gasteiger partial charge < -0.3 is 15.9 Å². The van der Waals surface area contributed by atoms with Crippen LogP contribution in [0.25, 0.3) is 10.9 Å². The summed E-state index contributed by atoms with van der Waals surface area (Å²) in [7, 11) is 0. The van der Waals surface area contributed by atoms with Crippen molar-refractivity contribution in [1.82, 2.24) is 9.97 Å². The van der Waals surface area contributed by atoms with Gasteiger partial charge in [-0.25, -0.2) is 9.97 Å². The number of anilines is 1. The molecule has 2 rings (SSSR count). The highest BCUT2D eigenvalue weighted by Gasteiger charge is 1.95. The highest BCUT2D eigenvalue weighted by atomic mass is 16.3. The number of nitrogens with zero attached hydrogens (tertiary/aromatic N) is 2. The number of fused-ring (bicyclic) bond motifs is 1. The first-order chi connectivity index (χ1) is 7.29. The summed E-state index contributed by atoms with van der Waals surface area (Å²) in [5.41, 5.74) is 6.49. The van der Waals surface area contributed by atoms with Crippen LogP contribution in [0.3, 0.4) is 0 Å². The van der Waals surface area contributed by atoms with Crippen LogP contribution in [0.15, 0.2) is 30.6 Å². The molecule has 0 radical (unpaired) electrons. The summed E-state index contributed by atoms with van der Waals surface area (Å²) in [6, 6.07) is 7.66. The largest absolute Gasteiger partial charge is 0.394 e. The fourth-order valence-electron chi connectivity index (χ4n) is 1.03. The SMILES string of the molecule is Nc1ncnc2ccccc12.OCCO. The van der Waals surface area contributed by atoms with Crippen molar-refractivity contribution in [3.63, 3.8) is 0 Å². The molecule has 0 spiro atoms. The third-order valence-corrected chi connectivity index (χ3v) is 1.67. The number of para-hydroxylation sites is 1. The van der Waals surface area contributed by atoms with E-state index in [9.17, 15) is 0 Å². The predicted molar refractivity (Wildman–Crippen MR) is 58.1 cm³/mol. The molecule has 1 aromatic carbocycles. The Labute approximate surface area is 87.2 Å². The maximum Gasteiger partial charge on any atom is 0.134 e. The number of nitrogen functional groups attached to an aromatic ring is 1. The van der Waals surface area contributed by atoms with Gasteiger partial charge in [0.15, 0.2) is 0 Å². The van der Waals surface area contributed by atoms with Gasteiger partial charge in [0.2, 0.25) is 0 Å². The van der Waals surface area contributed by atoms with Crippen molar-refractivity contribution in [2.24, 2.45) is 0 Å². The van der Waals surface area contributed by atoms with Crippen molar-refractivity contribution in [3.05, 3.63) is 30.6 Å². The van der Waals surface area contributed by atoms with Gasteiger partial charge in [-0.2, -0.15) is 0 Å². The second kappa shape index (κ2) is 5.90. The minimum absolute atomic E-state index is 0.125. The number of nitrogens with two attached hydrogens (primary N) is 1. The van der Waals surface area contributed by atoms with E-state index in [1.807, 2.05) is 24.3 Å². The molecule has 0 fully saturated rings. The molecule has 1 aromatic heterocycles. The molecule has 0 aliphatic rings. The van der Waals surface area contributed by atoms with Crippen LogP contribution in [0.2, 0.25) is 0 Å². The summed E-state index contributed by atoms with van der Waals surface area (Å²) < 4.78 is 0. The van der Waals surface area contributed by atoms with E-state index in [0.29, 0.717) is 5.82 Å². The third kappa shape index (κ3) is 3.16. The molecule has 5 heteroatoms. The summed E-state index contributed by atoms with van der Waals surface area (Å²) in [4.78, 5) is 7.92. The predicted octanol–water partition coefficient (Wildman–Crippen LogP) is 0.183. The molecular weight excluding hydrogens is 194 g/mol. The Kier molecular flexibility index (Phi) is 4.46. The smallest absolute Gasteiger partial charge is 0.134 e. The molecule has 2 aromatic rings. The lowest BCUT2D eigenvalue weighted by Gasteiger charge is -1.96. The summed E-state index contributed by atoms with van der Waals surface area (Å²) in [6.45, 7) is -0.250. The second-order valence-electron chi connectivity index (χ2n) is 2.72. The van der Waals surface area contributed by atoms with E-state index in [0.717, 1.165) is 10.9 Å². The van der Waals surface area contributed by atoms with Gasteiger partial charge in [-0.3, -0.25) is 0 Å². The average molecular weight is 207 g/mol. The quantitative estimate of drug-likeness (QED) is 0.620. The number of rotatable bonds is 1. The van der Waals surface area contributed by atoms with Gasteiger partial charge in [0, 0.05) is 5.39 Å². The first kappa shape index (κ1) is 11.4. The van der Waals surface area contributed by atoms with Crippen molar-refractivity contribution in [1.29, 1.82) is 0 Å². The maximum absolute atomic E-state index is 7.62. The van der Waals surface area contributed by atoms with E-state index in [-0.39, 0.29) is 13.2 Å². The number of hydrogen-bond donors (Lipinski definition) is 3. The molecule has 0 bridgehead atoms. The highest BCUT2D eigenvalue weighted by Crippen LogP contribution is 2.14. The molecule has 0 saturated carbocycles. The second-order valence-corrected chi connectivity index (χ2v) is 2.72. The Morgan fingerprint density at radius 3 is 2.33 bits per heavy atom. The van der Waals surface area contributed by atoms with Crippen LogP contribution in [-0.2, 0) is 0 Å². The summed E-state index contributed by atoms with van der Waals surface area (Å²) in [5, 5.41) is 16.2. The zero-order valence-electron chi connectivity index (χ0n) is 8.17. The molecule has 0 amide bonds. The number of aromatic nitrogens is 2. The lowest BCUT2D eigenvalue weighted by Crippen LogP contribution is -1.91. The Hall–Kier alpha value is -1.72. The topological polar surface area (TPSA) is 92.3 Å². The first-order valence-corrected chi connectivity index (χ1v) is 4.46. The van der Waals surface area contributed by atoms with Crippen molar-refractivity contribution in [2.75, 3.05) is 18.9 Å². The number of aliphatic hydroxyl groups excluding tert-OH is 2. The zero-order chi connectivity index (χ0) is 11.1. The van der Waals surface area contributed by atoms with E-state index in [2.05, 4.69) is 9.97 Å². The third-order valence-electron chi connectivity index (χ3n) is 1.67. The Morgan fingerprint density at radius 2 is 1.73 bits per heavy atom. The van der Waals surface area contributed by atoms with E-state index >= 15 is 0 Å². The Morgan fingerprint density at radius 1 is 1.07 bits per heavy atom. The summed E-state index contributed by atoms with van der Waals surface area (Å²) in [6.07, 6.45) is 1.47. The molecular formula is C10H13N3O2. The fraction of sp³-hybridized carbons (Fsp3) is 0.200. The van der Waals surface area contributed by atoms with Crippen molar-refractivity contribution < 1.29 is 10.2 Å². The molecule has 0 aliphatic carbocycles. The van der Waals surface area contributed by atoms with Crippen LogP contribution in [0.1, 0.15) is 0 Å². The van der Waals surface area contributed by atoms with Crippen molar-refractivity contribution >= 4 is 16.7 Å². The van der Waals surface area contributed by atoms with Gasteiger partial charge in [0.25, 0.3) is 0 Å². The molecule has 15 heavy (non-hydrogen) atoms. The lowest BCUT2D eigenvalue weighted by atomic mass is 10.2. The number of aliphatic hydroxyl groups is 2. The van der Waals surface area contributed by atoms with Crippen LogP contribution in [0, 0.1) is 0 Å². The van der Waals surface area contributed by atoms with Gasteiger partial charge in [0.05, 0.1) is 18.7 Å². The average Bonchev–Trinajstić information content (AvgIpc) is 2.30. The van der Waals surface area contributed by atoms with E-state index in [4.69, 9.17) is 15.9 Å². The standard InChI is InChI=1S/C8H7N3.C2H6O2/c9-8-6-3-1-2-4-7(6)10-5-11-8;3-1-2-4/h1-5H,(H2,9,10,11);3-4H,1-2H2. The van der Waals surface area contributed by atoms with Gasteiger partial charge in [-0.1, -0.05) is 12.1 Å². The highest BCUT2D eigenvalue weighted by molar-refractivity contribution is 5.87. The van der Waals surface area contributed by atoms with Crippen LogP contribution in [-0.4, -0.2) is 33.4 Å². The van der Waals surface area contributed by atoms with E-state index < -0.39 is 0 Å². The van der Waals surface area contributed by atoms with Gasteiger partial charge in [0.1, 0.15) is 12.1 Å². The molecule has 0 aliphatic heterocycles. The van der Waals surface area contributed by atoms with Crippen LogP contribution >= 0.6 is 0 Å². The van der Waals surface area contributed by atoms with Crippen LogP contribution in [0.5, 0.6) is 0 Å². The lowest BCUT2D eigenvalue weighted by molar-refractivity contribution is 0.186. The molecule has 4 N–H and O–H groups in total. The van der Waals surface area contributed by atoms with E-state index in [1.54, 1.807) is 0 Å². The molecule has 1 heterocycles. The number of benzene rings is 1. The Bertz CT molecular complexity index is 413.